The third kappa shape index (κ3) is 2.32. The quantitative estimate of drug-likeness (QED) is 0.798. The van der Waals surface area contributed by atoms with Crippen LogP contribution >= 0.6 is 12.4 Å². The Hall–Kier alpha value is -1.52. The van der Waals surface area contributed by atoms with E-state index in [9.17, 15) is 4.79 Å². The number of halogens is 1. The van der Waals surface area contributed by atoms with Crippen molar-refractivity contribution in [3.63, 3.8) is 0 Å². The Balaban J connectivity index is 0.00000132. The Kier molecular flexibility index (Phi) is 3.68. The summed E-state index contributed by atoms with van der Waals surface area (Å²) in [7, 11) is 0. The normalized spacial score (nSPS) is 30.3. The minimum absolute atomic E-state index is 0. The van der Waals surface area contributed by atoms with Gasteiger partial charge in [0.1, 0.15) is 0 Å². The molecule has 1 heterocycles. The molecule has 4 nitrogen and oxygen atoms in total. The number of carbonyl (C=O) groups is 1. The lowest BCUT2D eigenvalue weighted by molar-refractivity contribution is -0.121. The first kappa shape index (κ1) is 14.4. The first-order valence-corrected chi connectivity index (χ1v) is 7.36. The Morgan fingerprint density at radius 2 is 2.05 bits per heavy atom. The monoisotopic (exact) mass is 305 g/mol. The maximum absolute atomic E-state index is 12.5. The van der Waals surface area contributed by atoms with Crippen LogP contribution in [0.5, 0.6) is 0 Å². The van der Waals surface area contributed by atoms with Gasteiger partial charge in [-0.3, -0.25) is 4.79 Å². The van der Waals surface area contributed by atoms with E-state index in [1.807, 2.05) is 30.5 Å². The van der Waals surface area contributed by atoms with Crippen molar-refractivity contribution in [1.82, 2.24) is 4.98 Å². The van der Waals surface area contributed by atoms with Crippen molar-refractivity contribution < 1.29 is 4.79 Å². The molecule has 0 spiro atoms. The Bertz CT molecular complexity index is 666. The maximum Gasteiger partial charge on any atom is 0.229 e. The van der Waals surface area contributed by atoms with Crippen molar-refractivity contribution in [2.24, 2.45) is 23.5 Å². The summed E-state index contributed by atoms with van der Waals surface area (Å²) in [5, 5.41) is 4.16. The number of hydrogen-bond donors (Lipinski definition) is 3. The van der Waals surface area contributed by atoms with Gasteiger partial charge >= 0.3 is 0 Å². The van der Waals surface area contributed by atoms with Gasteiger partial charge in [0.15, 0.2) is 0 Å². The SMILES string of the molecule is Cl.NC1C2CCC(C2)C1C(=O)Nc1ccc2[nH]ccc2c1. The van der Waals surface area contributed by atoms with Gasteiger partial charge in [-0.25, -0.2) is 0 Å². The topological polar surface area (TPSA) is 70.9 Å². The van der Waals surface area contributed by atoms with Gasteiger partial charge in [0.05, 0.1) is 5.92 Å². The Labute approximate surface area is 129 Å². The van der Waals surface area contributed by atoms with Crippen LogP contribution in [-0.2, 0) is 4.79 Å². The fourth-order valence-electron chi connectivity index (χ4n) is 4.08. The van der Waals surface area contributed by atoms with E-state index in [4.69, 9.17) is 5.73 Å². The van der Waals surface area contributed by atoms with Gasteiger partial charge < -0.3 is 16.0 Å². The van der Waals surface area contributed by atoms with Gasteiger partial charge in [0.25, 0.3) is 0 Å². The van der Waals surface area contributed by atoms with E-state index in [0.717, 1.165) is 29.4 Å². The van der Waals surface area contributed by atoms with Crippen LogP contribution in [0.2, 0.25) is 0 Å². The summed E-state index contributed by atoms with van der Waals surface area (Å²) in [6.45, 7) is 0. The summed E-state index contributed by atoms with van der Waals surface area (Å²) in [4.78, 5) is 15.6. The van der Waals surface area contributed by atoms with E-state index in [2.05, 4.69) is 10.3 Å². The first-order chi connectivity index (χ1) is 9.72. The zero-order valence-electron chi connectivity index (χ0n) is 11.7. The third-order valence-corrected chi connectivity index (χ3v) is 5.10. The van der Waals surface area contributed by atoms with Crippen molar-refractivity contribution >= 4 is 34.9 Å². The molecule has 2 aliphatic rings. The van der Waals surface area contributed by atoms with E-state index >= 15 is 0 Å². The van der Waals surface area contributed by atoms with Crippen LogP contribution in [0.4, 0.5) is 5.69 Å². The lowest BCUT2D eigenvalue weighted by Gasteiger charge is -2.27. The number of aromatic amines is 1. The van der Waals surface area contributed by atoms with Crippen LogP contribution in [0.15, 0.2) is 30.5 Å². The van der Waals surface area contributed by atoms with Crippen molar-refractivity contribution in [2.45, 2.75) is 25.3 Å². The second-order valence-corrected chi connectivity index (χ2v) is 6.21. The predicted molar refractivity (Wildman–Crippen MR) is 86.5 cm³/mol. The van der Waals surface area contributed by atoms with E-state index in [0.29, 0.717) is 11.8 Å². The van der Waals surface area contributed by atoms with Gasteiger partial charge in [-0.2, -0.15) is 0 Å². The molecule has 2 aromatic rings. The van der Waals surface area contributed by atoms with Crippen LogP contribution in [0.1, 0.15) is 19.3 Å². The number of nitrogens with one attached hydrogen (secondary N) is 2. The van der Waals surface area contributed by atoms with E-state index < -0.39 is 0 Å². The summed E-state index contributed by atoms with van der Waals surface area (Å²) >= 11 is 0. The minimum Gasteiger partial charge on any atom is -0.361 e. The number of aromatic nitrogens is 1. The van der Waals surface area contributed by atoms with Gasteiger partial charge in [-0.1, -0.05) is 0 Å². The molecule has 1 aromatic carbocycles. The molecule has 2 bridgehead atoms. The van der Waals surface area contributed by atoms with Gasteiger partial charge in [-0.05, 0) is 55.4 Å². The number of fused-ring (bicyclic) bond motifs is 3. The van der Waals surface area contributed by atoms with Crippen molar-refractivity contribution in [2.75, 3.05) is 5.32 Å². The number of hydrogen-bond acceptors (Lipinski definition) is 2. The lowest BCUT2D eigenvalue weighted by atomic mass is 9.84. The van der Waals surface area contributed by atoms with Crippen molar-refractivity contribution in [1.29, 1.82) is 0 Å². The maximum atomic E-state index is 12.5. The summed E-state index contributed by atoms with van der Waals surface area (Å²) in [5.41, 5.74) is 8.17. The zero-order chi connectivity index (χ0) is 13.7. The van der Waals surface area contributed by atoms with Gasteiger partial charge in [0, 0.05) is 28.8 Å². The van der Waals surface area contributed by atoms with Crippen LogP contribution in [-0.4, -0.2) is 16.9 Å². The molecule has 21 heavy (non-hydrogen) atoms. The largest absolute Gasteiger partial charge is 0.361 e. The fraction of sp³-hybridized carbons (Fsp3) is 0.438. The molecule has 4 atom stereocenters. The number of benzene rings is 1. The molecular weight excluding hydrogens is 286 g/mol. The Morgan fingerprint density at radius 3 is 2.81 bits per heavy atom. The molecule has 1 aromatic heterocycles. The summed E-state index contributed by atoms with van der Waals surface area (Å²) < 4.78 is 0. The number of nitrogens with two attached hydrogens (primary N) is 1. The number of H-pyrrole nitrogens is 1. The van der Waals surface area contributed by atoms with Crippen LogP contribution in [0, 0.1) is 17.8 Å². The smallest absolute Gasteiger partial charge is 0.229 e. The molecule has 2 aliphatic carbocycles. The summed E-state index contributed by atoms with van der Waals surface area (Å²) in [6.07, 6.45) is 5.40. The number of carbonyl (C=O) groups excluding carboxylic acids is 1. The minimum atomic E-state index is -0.00401. The van der Waals surface area contributed by atoms with Crippen LogP contribution in [0.25, 0.3) is 10.9 Å². The Morgan fingerprint density at radius 1 is 1.24 bits per heavy atom. The number of rotatable bonds is 2. The standard InChI is InChI=1S/C16H19N3O.ClH/c17-15-11-2-1-10(7-11)14(15)16(20)19-12-3-4-13-9(8-12)5-6-18-13;/h3-6,8,10-11,14-15,18H,1-2,7,17H2,(H,19,20);1H. The average molecular weight is 306 g/mol. The highest BCUT2D eigenvalue weighted by molar-refractivity contribution is 5.96. The molecule has 0 aliphatic heterocycles. The molecule has 2 saturated carbocycles. The molecule has 1 amide bonds. The van der Waals surface area contributed by atoms with Gasteiger partial charge in [-0.15, -0.1) is 12.4 Å². The lowest BCUT2D eigenvalue weighted by Crippen LogP contribution is -2.42. The highest BCUT2D eigenvalue weighted by atomic mass is 35.5. The van der Waals surface area contributed by atoms with E-state index in [1.54, 1.807) is 0 Å². The highest BCUT2D eigenvalue weighted by Gasteiger charge is 2.49. The van der Waals surface area contributed by atoms with Crippen LogP contribution in [0.3, 0.4) is 0 Å². The van der Waals surface area contributed by atoms with Gasteiger partial charge in [0.2, 0.25) is 5.91 Å². The molecular formula is C16H20ClN3O. The predicted octanol–water partition coefficient (Wildman–Crippen LogP) is 2.90. The second-order valence-electron chi connectivity index (χ2n) is 6.21. The molecule has 0 radical (unpaired) electrons. The van der Waals surface area contributed by atoms with Crippen LogP contribution < -0.4 is 11.1 Å². The molecule has 2 fully saturated rings. The number of amides is 1. The number of anilines is 1. The molecule has 0 saturated heterocycles. The molecule has 4 rings (SSSR count). The van der Waals surface area contributed by atoms with Crippen molar-refractivity contribution in [3.8, 4) is 0 Å². The molecule has 5 heteroatoms. The first-order valence-electron chi connectivity index (χ1n) is 7.36. The fourth-order valence-corrected chi connectivity index (χ4v) is 4.08. The molecule has 4 N–H and O–H groups in total. The average Bonchev–Trinajstić information content (AvgIpc) is 3.12. The van der Waals surface area contributed by atoms with E-state index in [1.165, 1.54) is 6.42 Å². The third-order valence-electron chi connectivity index (χ3n) is 5.10. The summed E-state index contributed by atoms with van der Waals surface area (Å²) in [5.74, 6) is 1.14. The second kappa shape index (κ2) is 5.35. The van der Waals surface area contributed by atoms with E-state index in [-0.39, 0.29) is 30.3 Å². The summed E-state index contributed by atoms with van der Waals surface area (Å²) in [6, 6.07) is 7.99. The molecule has 112 valence electrons. The highest BCUT2D eigenvalue weighted by Crippen LogP contribution is 2.47. The molecule has 4 unspecified atom stereocenters. The van der Waals surface area contributed by atoms with Crippen molar-refractivity contribution in [3.05, 3.63) is 30.5 Å². The zero-order valence-corrected chi connectivity index (χ0v) is 12.5.